The molecule has 0 bridgehead atoms. The topological polar surface area (TPSA) is 90.6 Å². The molecule has 0 saturated heterocycles. The molecule has 0 heterocycles. The van der Waals surface area contributed by atoms with E-state index >= 15 is 0 Å². The summed E-state index contributed by atoms with van der Waals surface area (Å²) in [7, 11) is 0. The molecule has 0 atom stereocenters. The second-order valence-electron chi connectivity index (χ2n) is 6.50. The molecule has 1 saturated carbocycles. The summed E-state index contributed by atoms with van der Waals surface area (Å²) in [5.74, 6) is -1.93. The van der Waals surface area contributed by atoms with E-state index in [1.807, 2.05) is 0 Å². The summed E-state index contributed by atoms with van der Waals surface area (Å²) in [6.07, 6.45) is 1.89. The Balaban J connectivity index is 2.06. The van der Waals surface area contributed by atoms with E-state index in [1.165, 1.54) is 6.07 Å². The van der Waals surface area contributed by atoms with Crippen LogP contribution in [0.2, 0.25) is 0 Å². The third-order valence-corrected chi connectivity index (χ3v) is 3.02. The maximum atomic E-state index is 13.9. The van der Waals surface area contributed by atoms with Crippen LogP contribution in [0.3, 0.4) is 0 Å². The van der Waals surface area contributed by atoms with E-state index in [0.29, 0.717) is 0 Å². The average molecular weight is 324 g/mol. The number of benzene rings is 1. The number of hydrogen-bond donors (Lipinski definition) is 2. The van der Waals surface area contributed by atoms with E-state index in [0.717, 1.165) is 18.9 Å². The molecular weight excluding hydrogens is 303 g/mol. The van der Waals surface area contributed by atoms with Crippen molar-refractivity contribution in [3.8, 4) is 5.75 Å². The number of anilines is 1. The van der Waals surface area contributed by atoms with Gasteiger partial charge in [0.15, 0.2) is 18.2 Å². The van der Waals surface area contributed by atoms with Crippen molar-refractivity contribution in [3.63, 3.8) is 0 Å². The van der Waals surface area contributed by atoms with Gasteiger partial charge in [0.2, 0.25) is 0 Å². The second kappa shape index (κ2) is 6.44. The van der Waals surface area contributed by atoms with Crippen molar-refractivity contribution in [2.24, 2.45) is 0 Å². The van der Waals surface area contributed by atoms with Crippen LogP contribution in [-0.2, 0) is 9.53 Å². The molecule has 1 amide bonds. The van der Waals surface area contributed by atoms with E-state index in [2.05, 4.69) is 5.32 Å². The van der Waals surface area contributed by atoms with E-state index in [-0.39, 0.29) is 28.9 Å². The number of halogens is 1. The van der Waals surface area contributed by atoms with Gasteiger partial charge in [-0.25, -0.2) is 9.18 Å². The van der Waals surface area contributed by atoms with Gasteiger partial charge in [-0.3, -0.25) is 4.79 Å². The number of nitrogens with two attached hydrogens (primary N) is 1. The molecule has 3 N–H and O–H groups in total. The summed E-state index contributed by atoms with van der Waals surface area (Å²) in [4.78, 5) is 23.6. The first kappa shape index (κ1) is 17.1. The Bertz CT molecular complexity index is 621. The Kier molecular flexibility index (Phi) is 4.77. The van der Waals surface area contributed by atoms with Crippen LogP contribution in [-0.4, -0.2) is 30.1 Å². The minimum atomic E-state index is -0.799. The first-order chi connectivity index (χ1) is 10.7. The molecule has 1 fully saturated rings. The fourth-order valence-electron chi connectivity index (χ4n) is 1.86. The Morgan fingerprint density at radius 2 is 2.00 bits per heavy atom. The minimum absolute atomic E-state index is 0.0372. The molecule has 1 aromatic rings. The van der Waals surface area contributed by atoms with Gasteiger partial charge in [0.25, 0.3) is 5.91 Å². The van der Waals surface area contributed by atoms with Gasteiger partial charge in [-0.15, -0.1) is 0 Å². The molecule has 1 aliphatic rings. The summed E-state index contributed by atoms with van der Waals surface area (Å²) in [5, 5.41) is 2.69. The zero-order valence-electron chi connectivity index (χ0n) is 13.4. The van der Waals surface area contributed by atoms with Gasteiger partial charge in [-0.1, -0.05) is 0 Å². The molecule has 0 unspecified atom stereocenters. The third kappa shape index (κ3) is 5.12. The van der Waals surface area contributed by atoms with Gasteiger partial charge >= 0.3 is 5.97 Å². The number of carbonyl (C=O) groups is 2. The van der Waals surface area contributed by atoms with Gasteiger partial charge in [0.1, 0.15) is 5.60 Å². The van der Waals surface area contributed by atoms with Gasteiger partial charge in [-0.05, 0) is 39.7 Å². The number of carbonyl (C=O) groups excluding carboxylic acids is 2. The fraction of sp³-hybridized carbons (Fsp3) is 0.500. The predicted octanol–water partition coefficient (Wildman–Crippen LogP) is 2.02. The smallest absolute Gasteiger partial charge is 0.340 e. The molecule has 0 radical (unpaired) electrons. The van der Waals surface area contributed by atoms with Crippen LogP contribution in [0.4, 0.5) is 10.1 Å². The first-order valence-electron chi connectivity index (χ1n) is 7.40. The van der Waals surface area contributed by atoms with Crippen molar-refractivity contribution in [2.45, 2.75) is 45.3 Å². The highest BCUT2D eigenvalue weighted by Gasteiger charge is 2.24. The molecular formula is C16H21FN2O4. The second-order valence-corrected chi connectivity index (χ2v) is 6.50. The maximum Gasteiger partial charge on any atom is 0.340 e. The zero-order valence-corrected chi connectivity index (χ0v) is 13.4. The standard InChI is InChI=1S/C16H21FN2O4/c1-16(2,3)23-13-6-10(12(18)7-11(13)17)15(21)22-8-14(20)19-9-4-5-9/h6-7,9H,4-5,8,18H2,1-3H3,(H,19,20). The fourth-order valence-corrected chi connectivity index (χ4v) is 1.86. The van der Waals surface area contributed by atoms with E-state index < -0.39 is 24.0 Å². The summed E-state index contributed by atoms with van der Waals surface area (Å²) < 4.78 is 24.2. The van der Waals surface area contributed by atoms with Crippen LogP contribution in [0, 0.1) is 5.82 Å². The monoisotopic (exact) mass is 324 g/mol. The normalized spacial score (nSPS) is 14.3. The summed E-state index contributed by atoms with van der Waals surface area (Å²) in [6.45, 7) is 4.86. The number of ether oxygens (including phenoxy) is 2. The highest BCUT2D eigenvalue weighted by molar-refractivity contribution is 5.96. The zero-order chi connectivity index (χ0) is 17.2. The van der Waals surface area contributed by atoms with Gasteiger partial charge < -0.3 is 20.5 Å². The van der Waals surface area contributed by atoms with E-state index in [1.54, 1.807) is 20.8 Å². The number of amides is 1. The van der Waals surface area contributed by atoms with Crippen LogP contribution in [0.25, 0.3) is 0 Å². The van der Waals surface area contributed by atoms with Crippen LogP contribution >= 0.6 is 0 Å². The molecule has 6 nitrogen and oxygen atoms in total. The van der Waals surface area contributed by atoms with Crippen molar-refractivity contribution in [1.82, 2.24) is 5.32 Å². The maximum absolute atomic E-state index is 13.9. The van der Waals surface area contributed by atoms with E-state index in [9.17, 15) is 14.0 Å². The molecule has 1 aromatic carbocycles. The van der Waals surface area contributed by atoms with Crippen molar-refractivity contribution in [2.75, 3.05) is 12.3 Å². The van der Waals surface area contributed by atoms with Crippen molar-refractivity contribution >= 4 is 17.6 Å². The first-order valence-corrected chi connectivity index (χ1v) is 7.40. The molecule has 1 aliphatic carbocycles. The van der Waals surface area contributed by atoms with Gasteiger partial charge in [-0.2, -0.15) is 0 Å². The minimum Gasteiger partial charge on any atom is -0.485 e. The Morgan fingerprint density at radius 1 is 1.35 bits per heavy atom. The Hall–Kier alpha value is -2.31. The molecule has 126 valence electrons. The molecule has 23 heavy (non-hydrogen) atoms. The molecule has 2 rings (SSSR count). The van der Waals surface area contributed by atoms with Crippen LogP contribution < -0.4 is 15.8 Å². The van der Waals surface area contributed by atoms with Crippen LogP contribution in [0.15, 0.2) is 12.1 Å². The van der Waals surface area contributed by atoms with Crippen LogP contribution in [0.1, 0.15) is 44.0 Å². The number of esters is 1. The molecule has 7 heteroatoms. The highest BCUT2D eigenvalue weighted by Crippen LogP contribution is 2.27. The number of nitrogen functional groups attached to an aromatic ring is 1. The third-order valence-electron chi connectivity index (χ3n) is 3.02. The number of hydrogen-bond acceptors (Lipinski definition) is 5. The lowest BCUT2D eigenvalue weighted by molar-refractivity contribution is -0.124. The average Bonchev–Trinajstić information content (AvgIpc) is 3.21. The van der Waals surface area contributed by atoms with Crippen molar-refractivity contribution in [1.29, 1.82) is 0 Å². The number of rotatable bonds is 5. The number of nitrogens with one attached hydrogen (secondary N) is 1. The summed E-state index contributed by atoms with van der Waals surface area (Å²) >= 11 is 0. The van der Waals surface area contributed by atoms with Crippen molar-refractivity contribution in [3.05, 3.63) is 23.5 Å². The molecule has 0 aromatic heterocycles. The Labute approximate surface area is 134 Å². The van der Waals surface area contributed by atoms with Gasteiger partial charge in [0, 0.05) is 17.8 Å². The molecule has 0 spiro atoms. The summed E-state index contributed by atoms with van der Waals surface area (Å²) in [6, 6.07) is 2.38. The SMILES string of the molecule is CC(C)(C)Oc1cc(C(=O)OCC(=O)NC2CC2)c(N)cc1F. The van der Waals surface area contributed by atoms with Crippen LogP contribution in [0.5, 0.6) is 5.75 Å². The van der Waals surface area contributed by atoms with Crippen molar-refractivity contribution < 1.29 is 23.5 Å². The highest BCUT2D eigenvalue weighted by atomic mass is 19.1. The lowest BCUT2D eigenvalue weighted by atomic mass is 10.1. The van der Waals surface area contributed by atoms with E-state index in [4.69, 9.17) is 15.2 Å². The lowest BCUT2D eigenvalue weighted by Crippen LogP contribution is -2.30. The molecule has 0 aliphatic heterocycles. The lowest BCUT2D eigenvalue weighted by Gasteiger charge is -2.22. The summed E-state index contributed by atoms with van der Waals surface area (Å²) in [5.41, 5.74) is 4.91. The predicted molar refractivity (Wildman–Crippen MR) is 82.6 cm³/mol. The quantitative estimate of drug-likeness (QED) is 0.639. The Morgan fingerprint density at radius 3 is 2.57 bits per heavy atom. The van der Waals surface area contributed by atoms with Gasteiger partial charge in [0.05, 0.1) is 5.56 Å². The largest absolute Gasteiger partial charge is 0.485 e.